The van der Waals surface area contributed by atoms with E-state index in [1.807, 2.05) is 6.07 Å². The molecule has 4 unspecified atom stereocenters. The molecule has 3 heteroatoms. The predicted molar refractivity (Wildman–Crippen MR) is 79.9 cm³/mol. The molecule has 1 saturated heterocycles. The molecule has 1 saturated carbocycles. The Bertz CT molecular complexity index is 462. The zero-order valence-electron chi connectivity index (χ0n) is 12.3. The van der Waals surface area contributed by atoms with Crippen molar-refractivity contribution in [2.45, 2.75) is 44.7 Å². The van der Waals surface area contributed by atoms with Gasteiger partial charge >= 0.3 is 0 Å². The van der Waals surface area contributed by atoms with E-state index >= 15 is 0 Å². The third-order valence-electron chi connectivity index (χ3n) is 5.05. The minimum atomic E-state index is -0.132. The Balaban J connectivity index is 1.64. The minimum Gasteiger partial charge on any atom is -0.327 e. The lowest BCUT2D eigenvalue weighted by molar-refractivity contribution is 0.0288. The summed E-state index contributed by atoms with van der Waals surface area (Å²) in [5.74, 6) is 1.25. The van der Waals surface area contributed by atoms with Crippen LogP contribution in [0.3, 0.4) is 0 Å². The lowest BCUT2D eigenvalue weighted by Crippen LogP contribution is -2.55. The number of hydrogen-bond acceptors (Lipinski definition) is 2. The van der Waals surface area contributed by atoms with Gasteiger partial charge in [-0.3, -0.25) is 4.90 Å². The van der Waals surface area contributed by atoms with Gasteiger partial charge in [0.15, 0.2) is 0 Å². The monoisotopic (exact) mass is 276 g/mol. The van der Waals surface area contributed by atoms with Crippen molar-refractivity contribution in [3.8, 4) is 0 Å². The highest BCUT2D eigenvalue weighted by molar-refractivity contribution is 5.17. The smallest absolute Gasteiger partial charge is 0.123 e. The van der Waals surface area contributed by atoms with Crippen molar-refractivity contribution in [1.29, 1.82) is 0 Å². The van der Waals surface area contributed by atoms with Crippen molar-refractivity contribution < 1.29 is 4.39 Å². The van der Waals surface area contributed by atoms with Crippen LogP contribution in [0.15, 0.2) is 24.3 Å². The van der Waals surface area contributed by atoms with Gasteiger partial charge in [0, 0.05) is 25.2 Å². The molecule has 110 valence electrons. The van der Waals surface area contributed by atoms with Gasteiger partial charge in [-0.1, -0.05) is 19.1 Å². The van der Waals surface area contributed by atoms with Crippen LogP contribution in [0.1, 0.15) is 31.7 Å². The Hall–Kier alpha value is -0.930. The number of nitrogens with zero attached hydrogens (tertiary/aromatic N) is 1. The molecule has 2 nitrogen and oxygen atoms in total. The first-order chi connectivity index (χ1) is 9.61. The summed E-state index contributed by atoms with van der Waals surface area (Å²) < 4.78 is 13.3. The van der Waals surface area contributed by atoms with E-state index in [4.69, 9.17) is 5.73 Å². The first-order valence-corrected chi connectivity index (χ1v) is 7.86. The van der Waals surface area contributed by atoms with Crippen LogP contribution in [0.2, 0.25) is 0 Å². The summed E-state index contributed by atoms with van der Waals surface area (Å²) in [4.78, 5) is 2.59. The van der Waals surface area contributed by atoms with Crippen LogP contribution >= 0.6 is 0 Å². The fourth-order valence-corrected chi connectivity index (χ4v) is 3.89. The normalized spacial score (nSPS) is 34.8. The molecular formula is C17H25FN2. The van der Waals surface area contributed by atoms with E-state index in [2.05, 4.69) is 11.8 Å². The molecule has 2 N–H and O–H groups in total. The summed E-state index contributed by atoms with van der Waals surface area (Å²) in [6.07, 6.45) is 4.68. The minimum absolute atomic E-state index is 0.132. The molecular weight excluding hydrogens is 251 g/mol. The van der Waals surface area contributed by atoms with Crippen LogP contribution in [-0.4, -0.2) is 30.1 Å². The average Bonchev–Trinajstić information content (AvgIpc) is 2.36. The van der Waals surface area contributed by atoms with Crippen molar-refractivity contribution in [3.05, 3.63) is 35.6 Å². The molecule has 0 radical (unpaired) electrons. The molecule has 3 rings (SSSR count). The molecule has 1 aliphatic carbocycles. The number of likely N-dealkylation sites (tertiary alicyclic amines) is 1. The molecule has 1 heterocycles. The molecule has 2 fully saturated rings. The van der Waals surface area contributed by atoms with Crippen LogP contribution in [0, 0.1) is 17.7 Å². The van der Waals surface area contributed by atoms with E-state index in [1.54, 1.807) is 12.1 Å². The predicted octanol–water partition coefficient (Wildman–Crippen LogP) is 2.82. The molecule has 0 amide bonds. The highest BCUT2D eigenvalue weighted by Gasteiger charge is 2.36. The van der Waals surface area contributed by atoms with E-state index in [9.17, 15) is 4.39 Å². The number of nitrogens with two attached hydrogens (primary N) is 1. The maximum atomic E-state index is 13.3. The van der Waals surface area contributed by atoms with E-state index in [1.165, 1.54) is 18.9 Å². The van der Waals surface area contributed by atoms with Crippen molar-refractivity contribution in [2.24, 2.45) is 17.6 Å². The van der Waals surface area contributed by atoms with Gasteiger partial charge in [-0.2, -0.15) is 0 Å². The highest BCUT2D eigenvalue weighted by Crippen LogP contribution is 2.34. The molecule has 20 heavy (non-hydrogen) atoms. The van der Waals surface area contributed by atoms with Gasteiger partial charge in [0.25, 0.3) is 0 Å². The summed E-state index contributed by atoms with van der Waals surface area (Å²) >= 11 is 0. The van der Waals surface area contributed by atoms with Crippen LogP contribution in [0.4, 0.5) is 4.39 Å². The summed E-state index contributed by atoms with van der Waals surface area (Å²) in [6.45, 7) is 4.50. The van der Waals surface area contributed by atoms with Crippen LogP contribution < -0.4 is 5.73 Å². The topological polar surface area (TPSA) is 29.3 Å². The molecule has 1 aromatic rings. The molecule has 0 bridgehead atoms. The number of rotatable bonds is 3. The van der Waals surface area contributed by atoms with Crippen LogP contribution in [-0.2, 0) is 6.42 Å². The van der Waals surface area contributed by atoms with Crippen molar-refractivity contribution >= 4 is 0 Å². The van der Waals surface area contributed by atoms with Gasteiger partial charge < -0.3 is 5.73 Å². The van der Waals surface area contributed by atoms with E-state index in [0.717, 1.165) is 43.5 Å². The fourth-order valence-electron chi connectivity index (χ4n) is 3.89. The summed E-state index contributed by atoms with van der Waals surface area (Å²) in [6, 6.07) is 8.01. The maximum Gasteiger partial charge on any atom is 0.123 e. The molecule has 0 spiro atoms. The molecule has 1 aromatic carbocycles. The Morgan fingerprint density at radius 1 is 1.30 bits per heavy atom. The third-order valence-corrected chi connectivity index (χ3v) is 5.05. The number of hydrogen-bond donors (Lipinski definition) is 1. The quantitative estimate of drug-likeness (QED) is 0.920. The highest BCUT2D eigenvalue weighted by atomic mass is 19.1. The SMILES string of the molecule is CC1CCC1N1CC(N)CC(Cc2cccc(F)c2)C1. The third kappa shape index (κ3) is 3.04. The van der Waals surface area contributed by atoms with Gasteiger partial charge in [-0.25, -0.2) is 4.39 Å². The Morgan fingerprint density at radius 2 is 2.15 bits per heavy atom. The summed E-state index contributed by atoms with van der Waals surface area (Å²) in [7, 11) is 0. The Kier molecular flexibility index (Phi) is 4.08. The number of benzene rings is 1. The van der Waals surface area contributed by atoms with Gasteiger partial charge in [-0.15, -0.1) is 0 Å². The van der Waals surface area contributed by atoms with Gasteiger partial charge in [0.2, 0.25) is 0 Å². The molecule has 1 aliphatic heterocycles. The van der Waals surface area contributed by atoms with Crippen molar-refractivity contribution in [3.63, 3.8) is 0 Å². The zero-order valence-corrected chi connectivity index (χ0v) is 12.3. The Morgan fingerprint density at radius 3 is 2.80 bits per heavy atom. The molecule has 2 aliphatic rings. The largest absolute Gasteiger partial charge is 0.327 e. The van der Waals surface area contributed by atoms with E-state index in [0.29, 0.717) is 5.92 Å². The van der Waals surface area contributed by atoms with Crippen LogP contribution in [0.5, 0.6) is 0 Å². The first kappa shape index (κ1) is 14.0. The second-order valence-electron chi connectivity index (χ2n) is 6.77. The van der Waals surface area contributed by atoms with Gasteiger partial charge in [0.1, 0.15) is 5.82 Å². The lowest BCUT2D eigenvalue weighted by Gasteiger charge is -2.48. The van der Waals surface area contributed by atoms with Crippen molar-refractivity contribution in [1.82, 2.24) is 4.90 Å². The average molecular weight is 276 g/mol. The Labute approximate surface area is 121 Å². The standard InChI is InChI=1S/C17H25FN2/c1-12-5-6-17(12)20-10-14(9-16(19)11-20)7-13-3-2-4-15(18)8-13/h2-4,8,12,14,16-17H,5-7,9-11,19H2,1H3. The second kappa shape index (κ2) is 5.82. The van der Waals surface area contributed by atoms with Crippen LogP contribution in [0.25, 0.3) is 0 Å². The molecule has 0 aromatic heterocycles. The second-order valence-corrected chi connectivity index (χ2v) is 6.77. The fraction of sp³-hybridized carbons (Fsp3) is 0.647. The molecule has 4 atom stereocenters. The summed E-state index contributed by atoms with van der Waals surface area (Å²) in [5, 5.41) is 0. The van der Waals surface area contributed by atoms with Crippen molar-refractivity contribution in [2.75, 3.05) is 13.1 Å². The number of piperidine rings is 1. The number of halogens is 1. The van der Waals surface area contributed by atoms with Gasteiger partial charge in [-0.05, 0) is 55.2 Å². The summed E-state index contributed by atoms with van der Waals surface area (Å²) in [5.41, 5.74) is 7.35. The lowest BCUT2D eigenvalue weighted by atomic mass is 9.77. The maximum absolute atomic E-state index is 13.3. The van der Waals surface area contributed by atoms with E-state index < -0.39 is 0 Å². The van der Waals surface area contributed by atoms with Gasteiger partial charge in [0.05, 0.1) is 0 Å². The first-order valence-electron chi connectivity index (χ1n) is 7.86. The van der Waals surface area contributed by atoms with E-state index in [-0.39, 0.29) is 11.9 Å². The zero-order chi connectivity index (χ0) is 14.1.